The molecule has 5 nitrogen and oxygen atoms in total. The van der Waals surface area contributed by atoms with Crippen LogP contribution in [0.4, 0.5) is 0 Å². The second kappa shape index (κ2) is 13.3. The molecule has 0 fully saturated rings. The Bertz CT molecular complexity index is 835. The summed E-state index contributed by atoms with van der Waals surface area (Å²) in [5.41, 5.74) is 1.22. The zero-order chi connectivity index (χ0) is 20.4. The molecule has 0 aliphatic carbocycles. The minimum atomic E-state index is -4.40. The Morgan fingerprint density at radius 3 is 2.03 bits per heavy atom. The first-order chi connectivity index (χ1) is 13.4. The van der Waals surface area contributed by atoms with E-state index in [9.17, 15) is 13.5 Å². The number of hydrogen-bond acceptors (Lipinski definition) is 4. The van der Waals surface area contributed by atoms with Gasteiger partial charge in [-0.2, -0.15) is 8.42 Å². The summed E-state index contributed by atoms with van der Waals surface area (Å²) in [6.07, 6.45) is 11.3. The molecule has 0 unspecified atom stereocenters. The van der Waals surface area contributed by atoms with Crippen molar-refractivity contribution in [2.24, 2.45) is 0 Å². The summed E-state index contributed by atoms with van der Waals surface area (Å²) in [6.45, 7) is 2.23. The molecule has 0 saturated carbocycles. The van der Waals surface area contributed by atoms with Gasteiger partial charge in [0.15, 0.2) is 0 Å². The minimum Gasteiger partial charge on any atom is -0.870 e. The molecule has 2 aromatic carbocycles. The Hall–Kier alpha value is -1.05. The van der Waals surface area contributed by atoms with Crippen molar-refractivity contribution in [3.05, 3.63) is 48.0 Å². The van der Waals surface area contributed by atoms with Gasteiger partial charge >= 0.3 is 29.6 Å². The van der Waals surface area contributed by atoms with Gasteiger partial charge in [-0.25, -0.2) is 0 Å². The summed E-state index contributed by atoms with van der Waals surface area (Å²) in [5.74, 6) is -0.0715. The van der Waals surface area contributed by atoms with Crippen molar-refractivity contribution in [2.75, 3.05) is 0 Å². The normalized spacial score (nSPS) is 11.1. The van der Waals surface area contributed by atoms with Crippen molar-refractivity contribution < 1.29 is 52.4 Å². The van der Waals surface area contributed by atoms with E-state index in [1.165, 1.54) is 56.6 Å². The Kier molecular flexibility index (Phi) is 11.9. The van der Waals surface area contributed by atoms with E-state index in [1.54, 1.807) is 12.1 Å². The summed E-state index contributed by atoms with van der Waals surface area (Å²) in [4.78, 5) is -0.439. The van der Waals surface area contributed by atoms with Crippen LogP contribution in [0.15, 0.2) is 47.4 Å². The molecule has 0 saturated heterocycles. The summed E-state index contributed by atoms with van der Waals surface area (Å²) in [7, 11) is -4.40. The van der Waals surface area contributed by atoms with Crippen molar-refractivity contribution >= 4 is 10.1 Å². The van der Waals surface area contributed by atoms with Gasteiger partial charge in [-0.15, -0.1) is 0 Å². The van der Waals surface area contributed by atoms with E-state index in [0.29, 0.717) is 5.75 Å². The maximum atomic E-state index is 11.9. The van der Waals surface area contributed by atoms with Crippen LogP contribution < -0.4 is 39.4 Å². The maximum Gasteiger partial charge on any atom is 1.00 e. The molecule has 7 heteroatoms. The van der Waals surface area contributed by atoms with Crippen LogP contribution in [-0.4, -0.2) is 13.0 Å². The molecule has 0 bridgehead atoms. The van der Waals surface area contributed by atoms with Crippen LogP contribution in [0, 0.1) is 0 Å². The van der Waals surface area contributed by atoms with E-state index in [4.69, 9.17) is 9.29 Å². The molecule has 0 aliphatic rings. The van der Waals surface area contributed by atoms with Crippen LogP contribution in [0.2, 0.25) is 0 Å². The Morgan fingerprint density at radius 1 is 0.897 bits per heavy atom. The van der Waals surface area contributed by atoms with Gasteiger partial charge in [0.25, 0.3) is 10.1 Å². The molecule has 154 valence electrons. The standard InChI is InChI=1S/C22H30O5S.Na/c1-2-3-4-5-6-7-8-9-10-18-11-13-19(14-12-18)27-22-16-15-20(17-21(22)23)28(24,25)26;/h11-17,23H,2-10H2,1H3,(H,24,25,26);/q;+1/p-1. The van der Waals surface area contributed by atoms with Crippen molar-refractivity contribution in [1.29, 1.82) is 0 Å². The Labute approximate surface area is 196 Å². The van der Waals surface area contributed by atoms with Crippen molar-refractivity contribution in [2.45, 2.75) is 69.6 Å². The van der Waals surface area contributed by atoms with Gasteiger partial charge in [0, 0.05) is 0 Å². The molecule has 0 aliphatic heterocycles. The SMILES string of the molecule is CCCCCCCCCCc1ccc(Oc2ccc(S(=O)(=O)O)cc2[O-])cc1.[Na+]. The number of ether oxygens (including phenoxy) is 1. The Balaban J connectivity index is 0.00000420. The smallest absolute Gasteiger partial charge is 0.870 e. The molecule has 0 atom stereocenters. The van der Waals surface area contributed by atoms with Gasteiger partial charge in [-0.3, -0.25) is 4.55 Å². The summed E-state index contributed by atoms with van der Waals surface area (Å²) >= 11 is 0. The maximum absolute atomic E-state index is 11.9. The fourth-order valence-electron chi connectivity index (χ4n) is 3.05. The summed E-state index contributed by atoms with van der Waals surface area (Å²) in [5, 5.41) is 11.9. The van der Waals surface area contributed by atoms with Gasteiger partial charge in [0.2, 0.25) is 0 Å². The number of benzene rings is 2. The summed E-state index contributed by atoms with van der Waals surface area (Å²) in [6, 6.07) is 10.8. The van der Waals surface area contributed by atoms with Gasteiger partial charge in [-0.05, 0) is 48.7 Å². The van der Waals surface area contributed by atoms with Gasteiger partial charge in [0.05, 0.1) is 4.90 Å². The summed E-state index contributed by atoms with van der Waals surface area (Å²) < 4.78 is 36.6. The predicted molar refractivity (Wildman–Crippen MR) is 109 cm³/mol. The van der Waals surface area contributed by atoms with E-state index in [0.717, 1.165) is 25.0 Å². The van der Waals surface area contributed by atoms with Gasteiger partial charge in [0.1, 0.15) is 11.5 Å². The molecule has 0 spiro atoms. The largest absolute Gasteiger partial charge is 1.00 e. The Morgan fingerprint density at radius 2 is 1.48 bits per heavy atom. The quantitative estimate of drug-likeness (QED) is 0.319. The van der Waals surface area contributed by atoms with Crippen LogP contribution in [-0.2, 0) is 16.5 Å². The zero-order valence-corrected chi connectivity index (χ0v) is 20.2. The van der Waals surface area contributed by atoms with Crippen LogP contribution in [0.1, 0.15) is 63.9 Å². The molecular weight excluding hydrogens is 399 g/mol. The second-order valence-electron chi connectivity index (χ2n) is 7.05. The molecule has 1 N–H and O–H groups in total. The molecule has 2 aromatic rings. The van der Waals surface area contributed by atoms with Crippen LogP contribution >= 0.6 is 0 Å². The van der Waals surface area contributed by atoms with E-state index < -0.39 is 20.8 Å². The zero-order valence-electron chi connectivity index (χ0n) is 17.4. The van der Waals surface area contributed by atoms with Crippen LogP contribution in [0.3, 0.4) is 0 Å². The van der Waals surface area contributed by atoms with Crippen LogP contribution in [0.25, 0.3) is 0 Å². The van der Waals surface area contributed by atoms with Crippen molar-refractivity contribution in [3.63, 3.8) is 0 Å². The molecule has 0 radical (unpaired) electrons. The first-order valence-electron chi connectivity index (χ1n) is 9.95. The number of unbranched alkanes of at least 4 members (excludes halogenated alkanes) is 7. The van der Waals surface area contributed by atoms with Gasteiger partial charge in [-0.1, -0.05) is 69.8 Å². The molecule has 0 aromatic heterocycles. The fraction of sp³-hybridized carbons (Fsp3) is 0.455. The van der Waals surface area contributed by atoms with E-state index in [-0.39, 0.29) is 35.3 Å². The van der Waals surface area contributed by atoms with Crippen molar-refractivity contribution in [3.8, 4) is 17.2 Å². The molecular formula is C22H29NaO5S. The van der Waals surface area contributed by atoms with Gasteiger partial charge < -0.3 is 9.84 Å². The van der Waals surface area contributed by atoms with E-state index in [1.807, 2.05) is 12.1 Å². The first kappa shape index (κ1) is 26.0. The third kappa shape index (κ3) is 9.53. The topological polar surface area (TPSA) is 86.7 Å². The third-order valence-electron chi connectivity index (χ3n) is 4.68. The number of hydrogen-bond donors (Lipinski definition) is 1. The second-order valence-corrected chi connectivity index (χ2v) is 8.48. The third-order valence-corrected chi connectivity index (χ3v) is 5.53. The molecule has 29 heavy (non-hydrogen) atoms. The predicted octanol–water partition coefficient (Wildman–Crippen LogP) is 2.49. The monoisotopic (exact) mass is 428 g/mol. The number of rotatable bonds is 12. The number of aryl methyl sites for hydroxylation is 1. The van der Waals surface area contributed by atoms with Crippen molar-refractivity contribution in [1.82, 2.24) is 0 Å². The average molecular weight is 429 g/mol. The molecule has 0 amide bonds. The van der Waals surface area contributed by atoms with E-state index >= 15 is 0 Å². The van der Waals surface area contributed by atoms with E-state index in [2.05, 4.69) is 6.92 Å². The first-order valence-corrected chi connectivity index (χ1v) is 11.4. The van der Waals surface area contributed by atoms with Crippen LogP contribution in [0.5, 0.6) is 17.2 Å². The average Bonchev–Trinajstić information content (AvgIpc) is 2.66. The fourth-order valence-corrected chi connectivity index (χ4v) is 3.54. The molecule has 2 rings (SSSR count). The minimum absolute atomic E-state index is 0. The molecule has 0 heterocycles.